The second-order valence-electron chi connectivity index (χ2n) is 5.44. The molecule has 0 saturated carbocycles. The number of anilines is 1. The maximum absolute atomic E-state index is 5.91. The van der Waals surface area contributed by atoms with Gasteiger partial charge in [-0.1, -0.05) is 0 Å². The monoisotopic (exact) mass is 264 g/mol. The van der Waals surface area contributed by atoms with Gasteiger partial charge in [-0.3, -0.25) is 0 Å². The largest absolute Gasteiger partial charge is 0.436 e. The zero-order valence-electron chi connectivity index (χ0n) is 11.2. The van der Waals surface area contributed by atoms with Crippen LogP contribution in [0.1, 0.15) is 24.0 Å². The molecule has 0 spiro atoms. The van der Waals surface area contributed by atoms with Gasteiger partial charge in [0.1, 0.15) is 5.52 Å². The predicted octanol–water partition coefficient (Wildman–Crippen LogP) is 3.96. The topological polar surface area (TPSA) is 52.0 Å². The van der Waals surface area contributed by atoms with E-state index in [1.54, 1.807) is 0 Å². The summed E-state index contributed by atoms with van der Waals surface area (Å²) < 4.78 is 5.91. The number of aromatic nitrogens is 1. The molecule has 1 aliphatic carbocycles. The Morgan fingerprint density at radius 1 is 0.950 bits per heavy atom. The third-order valence-corrected chi connectivity index (χ3v) is 4.01. The molecule has 3 heteroatoms. The normalized spacial score (nSPS) is 14.4. The van der Waals surface area contributed by atoms with Crippen molar-refractivity contribution in [3.63, 3.8) is 0 Å². The fourth-order valence-electron chi connectivity index (χ4n) is 2.90. The van der Waals surface area contributed by atoms with Gasteiger partial charge < -0.3 is 10.2 Å². The summed E-state index contributed by atoms with van der Waals surface area (Å²) >= 11 is 0. The van der Waals surface area contributed by atoms with E-state index in [0.29, 0.717) is 5.89 Å². The number of oxazole rings is 1. The summed E-state index contributed by atoms with van der Waals surface area (Å²) in [7, 11) is 0. The summed E-state index contributed by atoms with van der Waals surface area (Å²) in [6, 6.07) is 12.0. The van der Waals surface area contributed by atoms with E-state index < -0.39 is 0 Å². The summed E-state index contributed by atoms with van der Waals surface area (Å²) in [4.78, 5) is 4.61. The van der Waals surface area contributed by atoms with E-state index in [-0.39, 0.29) is 0 Å². The number of hydrogen-bond donors (Lipinski definition) is 1. The van der Waals surface area contributed by atoms with Gasteiger partial charge in [-0.25, -0.2) is 4.98 Å². The van der Waals surface area contributed by atoms with E-state index in [0.717, 1.165) is 35.2 Å². The molecule has 3 nitrogen and oxygen atoms in total. The summed E-state index contributed by atoms with van der Waals surface area (Å²) in [5, 5.41) is 0. The number of nitrogen functional groups attached to an aromatic ring is 1. The van der Waals surface area contributed by atoms with Crippen molar-refractivity contribution in [1.29, 1.82) is 0 Å². The molecule has 0 fully saturated rings. The lowest BCUT2D eigenvalue weighted by molar-refractivity contribution is 0.617. The minimum atomic E-state index is 0.669. The van der Waals surface area contributed by atoms with Crippen LogP contribution in [-0.2, 0) is 12.8 Å². The molecule has 0 bridgehead atoms. The highest BCUT2D eigenvalue weighted by atomic mass is 16.3. The first kappa shape index (κ1) is 11.5. The van der Waals surface area contributed by atoms with Crippen molar-refractivity contribution in [2.24, 2.45) is 0 Å². The Hall–Kier alpha value is -2.29. The number of hydrogen-bond acceptors (Lipinski definition) is 3. The van der Waals surface area contributed by atoms with Gasteiger partial charge in [-0.15, -0.1) is 0 Å². The van der Waals surface area contributed by atoms with Crippen LogP contribution < -0.4 is 5.73 Å². The molecule has 0 amide bonds. The SMILES string of the molecule is Nc1ccc(-c2nc3cc4c(cc3o2)CCCC4)cc1. The van der Waals surface area contributed by atoms with Crippen LogP contribution in [0, 0.1) is 0 Å². The van der Waals surface area contributed by atoms with Gasteiger partial charge in [0.15, 0.2) is 5.58 Å². The lowest BCUT2D eigenvalue weighted by Crippen LogP contribution is -2.01. The zero-order valence-corrected chi connectivity index (χ0v) is 11.2. The molecule has 0 unspecified atom stereocenters. The molecule has 0 atom stereocenters. The lowest BCUT2D eigenvalue weighted by atomic mass is 9.91. The van der Waals surface area contributed by atoms with Gasteiger partial charge in [-0.2, -0.15) is 0 Å². The molecular formula is C17H16N2O. The molecule has 1 heterocycles. The number of fused-ring (bicyclic) bond motifs is 2. The first-order valence-electron chi connectivity index (χ1n) is 7.08. The van der Waals surface area contributed by atoms with Crippen molar-refractivity contribution in [2.75, 3.05) is 5.73 Å². The maximum atomic E-state index is 5.91. The molecule has 0 saturated heterocycles. The molecule has 1 aromatic heterocycles. The fraction of sp³-hybridized carbons (Fsp3) is 0.235. The van der Waals surface area contributed by atoms with Crippen LogP contribution in [0.15, 0.2) is 40.8 Å². The van der Waals surface area contributed by atoms with Crippen LogP contribution >= 0.6 is 0 Å². The Labute approximate surface area is 117 Å². The molecule has 100 valence electrons. The Morgan fingerprint density at radius 2 is 1.65 bits per heavy atom. The van der Waals surface area contributed by atoms with Crippen molar-refractivity contribution in [1.82, 2.24) is 4.98 Å². The second-order valence-corrected chi connectivity index (χ2v) is 5.44. The van der Waals surface area contributed by atoms with E-state index in [4.69, 9.17) is 10.2 Å². The van der Waals surface area contributed by atoms with E-state index in [1.165, 1.54) is 24.0 Å². The highest BCUT2D eigenvalue weighted by Gasteiger charge is 2.14. The van der Waals surface area contributed by atoms with Gasteiger partial charge in [0.25, 0.3) is 0 Å². The van der Waals surface area contributed by atoms with E-state index >= 15 is 0 Å². The Morgan fingerprint density at radius 3 is 2.40 bits per heavy atom. The first-order valence-corrected chi connectivity index (χ1v) is 7.08. The van der Waals surface area contributed by atoms with Crippen LogP contribution in [0.3, 0.4) is 0 Å². The summed E-state index contributed by atoms with van der Waals surface area (Å²) in [5.41, 5.74) is 12.1. The Kier molecular flexibility index (Phi) is 2.52. The number of rotatable bonds is 1. The number of nitrogens with two attached hydrogens (primary N) is 1. The average Bonchev–Trinajstić information content (AvgIpc) is 2.88. The quantitative estimate of drug-likeness (QED) is 0.677. The molecule has 1 aliphatic rings. The summed E-state index contributed by atoms with van der Waals surface area (Å²) in [6.45, 7) is 0. The van der Waals surface area contributed by atoms with Gasteiger partial charge >= 0.3 is 0 Å². The van der Waals surface area contributed by atoms with Gasteiger partial charge in [0.2, 0.25) is 5.89 Å². The smallest absolute Gasteiger partial charge is 0.227 e. The molecule has 0 radical (unpaired) electrons. The fourth-order valence-corrected chi connectivity index (χ4v) is 2.90. The van der Waals surface area contributed by atoms with E-state index in [2.05, 4.69) is 17.1 Å². The van der Waals surface area contributed by atoms with Crippen molar-refractivity contribution in [2.45, 2.75) is 25.7 Å². The molecule has 2 N–H and O–H groups in total. The van der Waals surface area contributed by atoms with Gasteiger partial charge in [0, 0.05) is 11.3 Å². The highest BCUT2D eigenvalue weighted by molar-refractivity contribution is 5.78. The van der Waals surface area contributed by atoms with Crippen molar-refractivity contribution < 1.29 is 4.42 Å². The molecular weight excluding hydrogens is 248 g/mol. The number of benzene rings is 2. The lowest BCUT2D eigenvalue weighted by Gasteiger charge is -2.14. The molecule has 20 heavy (non-hydrogen) atoms. The van der Waals surface area contributed by atoms with Crippen LogP contribution in [0.2, 0.25) is 0 Å². The van der Waals surface area contributed by atoms with Crippen LogP contribution in [0.4, 0.5) is 5.69 Å². The summed E-state index contributed by atoms with van der Waals surface area (Å²) in [5.74, 6) is 0.669. The predicted molar refractivity (Wildman–Crippen MR) is 80.5 cm³/mol. The first-order chi connectivity index (χ1) is 9.79. The van der Waals surface area contributed by atoms with E-state index in [9.17, 15) is 0 Å². The minimum absolute atomic E-state index is 0.669. The molecule has 4 rings (SSSR count). The number of nitrogens with zero attached hydrogens (tertiary/aromatic N) is 1. The Bertz CT molecular complexity index is 729. The second kappa shape index (κ2) is 4.37. The summed E-state index contributed by atoms with van der Waals surface area (Å²) in [6.07, 6.45) is 4.87. The third kappa shape index (κ3) is 1.86. The third-order valence-electron chi connectivity index (χ3n) is 4.01. The van der Waals surface area contributed by atoms with Gasteiger partial charge in [0.05, 0.1) is 0 Å². The van der Waals surface area contributed by atoms with Crippen LogP contribution in [0.25, 0.3) is 22.6 Å². The van der Waals surface area contributed by atoms with E-state index in [1.807, 2.05) is 24.3 Å². The van der Waals surface area contributed by atoms with Crippen LogP contribution in [0.5, 0.6) is 0 Å². The zero-order chi connectivity index (χ0) is 13.5. The van der Waals surface area contributed by atoms with Crippen molar-refractivity contribution >= 4 is 16.8 Å². The van der Waals surface area contributed by atoms with Crippen LogP contribution in [-0.4, -0.2) is 4.98 Å². The molecule has 3 aromatic rings. The van der Waals surface area contributed by atoms with Crippen molar-refractivity contribution in [3.05, 3.63) is 47.5 Å². The van der Waals surface area contributed by atoms with Gasteiger partial charge in [-0.05, 0) is 73.2 Å². The average molecular weight is 264 g/mol. The Balaban J connectivity index is 1.84. The molecule has 2 aromatic carbocycles. The minimum Gasteiger partial charge on any atom is -0.436 e. The maximum Gasteiger partial charge on any atom is 0.227 e. The number of aryl methyl sites for hydroxylation is 2. The standard InChI is InChI=1S/C17H16N2O/c18-14-7-5-11(6-8-14)17-19-15-9-12-3-1-2-4-13(12)10-16(15)20-17/h5-10H,1-4,18H2. The highest BCUT2D eigenvalue weighted by Crippen LogP contribution is 2.30. The van der Waals surface area contributed by atoms with Crippen molar-refractivity contribution in [3.8, 4) is 11.5 Å². The molecule has 0 aliphatic heterocycles.